The van der Waals surface area contributed by atoms with Crippen molar-refractivity contribution in [3.8, 4) is 11.5 Å². The number of aryl methyl sites for hydroxylation is 2. The van der Waals surface area contributed by atoms with E-state index < -0.39 is 6.17 Å². The van der Waals surface area contributed by atoms with Gasteiger partial charge in [-0.3, -0.25) is 9.59 Å². The Morgan fingerprint density at radius 1 is 0.763 bits per heavy atom. The van der Waals surface area contributed by atoms with E-state index in [9.17, 15) is 9.59 Å². The fraction of sp³-hybridized carbons (Fsp3) is 0.161. The largest absolute Gasteiger partial charge is 0.493 e. The third-order valence-electron chi connectivity index (χ3n) is 6.04. The molecule has 6 nitrogen and oxygen atoms in total. The van der Waals surface area contributed by atoms with Crippen LogP contribution in [0.5, 0.6) is 11.5 Å². The zero-order chi connectivity index (χ0) is 27.1. The van der Waals surface area contributed by atoms with E-state index in [0.29, 0.717) is 33.2 Å². The molecule has 38 heavy (non-hydrogen) atoms. The van der Waals surface area contributed by atoms with E-state index in [2.05, 4.69) is 10.6 Å². The summed E-state index contributed by atoms with van der Waals surface area (Å²) in [6, 6.07) is 27.1. The number of benzene rings is 4. The molecule has 2 N–H and O–H groups in total. The van der Waals surface area contributed by atoms with Crippen molar-refractivity contribution in [3.63, 3.8) is 0 Å². The predicted octanol–water partition coefficient (Wildman–Crippen LogP) is 6.40. The first-order chi connectivity index (χ1) is 18.3. The van der Waals surface area contributed by atoms with Gasteiger partial charge in [0.1, 0.15) is 12.8 Å². The molecular formula is C31H29ClN2O4. The summed E-state index contributed by atoms with van der Waals surface area (Å²) >= 11 is 6.25. The van der Waals surface area contributed by atoms with Crippen molar-refractivity contribution in [2.45, 2.75) is 26.6 Å². The molecule has 0 bridgehead atoms. The van der Waals surface area contributed by atoms with Crippen molar-refractivity contribution in [2.75, 3.05) is 7.11 Å². The Balaban J connectivity index is 1.59. The number of methoxy groups -OCH3 is 1. The van der Waals surface area contributed by atoms with Crippen LogP contribution in [0.4, 0.5) is 0 Å². The summed E-state index contributed by atoms with van der Waals surface area (Å²) in [4.78, 5) is 26.2. The lowest BCUT2D eigenvalue weighted by Gasteiger charge is -2.22. The zero-order valence-corrected chi connectivity index (χ0v) is 22.2. The van der Waals surface area contributed by atoms with Crippen LogP contribution in [0.25, 0.3) is 0 Å². The number of nitrogens with one attached hydrogen (secondary N) is 2. The summed E-state index contributed by atoms with van der Waals surface area (Å²) in [6.07, 6.45) is -0.830. The van der Waals surface area contributed by atoms with Gasteiger partial charge in [0.05, 0.1) is 7.11 Å². The highest BCUT2D eigenvalue weighted by atomic mass is 35.5. The Bertz CT molecular complexity index is 1360. The van der Waals surface area contributed by atoms with Crippen LogP contribution in [0.3, 0.4) is 0 Å². The maximum atomic E-state index is 13.1. The molecule has 0 saturated carbocycles. The molecule has 0 atom stereocenters. The molecule has 0 spiro atoms. The van der Waals surface area contributed by atoms with E-state index in [-0.39, 0.29) is 18.4 Å². The first-order valence-corrected chi connectivity index (χ1v) is 12.5. The molecule has 4 aromatic rings. The molecule has 0 aliphatic rings. The Labute approximate surface area is 227 Å². The van der Waals surface area contributed by atoms with Gasteiger partial charge in [0, 0.05) is 21.7 Å². The van der Waals surface area contributed by atoms with Gasteiger partial charge in [0.15, 0.2) is 11.5 Å². The molecule has 0 radical (unpaired) electrons. The fourth-order valence-corrected chi connectivity index (χ4v) is 3.99. The average Bonchev–Trinajstić information content (AvgIpc) is 2.92. The van der Waals surface area contributed by atoms with Gasteiger partial charge in [0.2, 0.25) is 0 Å². The smallest absolute Gasteiger partial charge is 0.253 e. The van der Waals surface area contributed by atoms with E-state index >= 15 is 0 Å². The third kappa shape index (κ3) is 6.72. The van der Waals surface area contributed by atoms with Gasteiger partial charge in [-0.2, -0.15) is 0 Å². The SMILES string of the molecule is COc1cc(C(NC(=O)c2ccc(C)cc2)NC(=O)c2ccc(C)cc2)ccc1OCc1ccccc1Cl. The highest BCUT2D eigenvalue weighted by Crippen LogP contribution is 2.31. The molecule has 0 unspecified atom stereocenters. The third-order valence-corrected chi connectivity index (χ3v) is 6.41. The molecule has 0 aromatic heterocycles. The number of halogens is 1. The molecule has 4 aromatic carbocycles. The standard InChI is InChI=1S/C31H29ClN2O4/c1-20-8-12-22(13-9-20)30(35)33-29(34-31(36)23-14-10-21(2)11-15-23)24-16-17-27(28(18-24)37-3)38-19-25-6-4-5-7-26(25)32/h4-18,29H,19H2,1-3H3,(H,33,35)(H,34,36). The minimum Gasteiger partial charge on any atom is -0.493 e. The van der Waals surface area contributed by atoms with Crippen LogP contribution in [0.1, 0.15) is 49.1 Å². The number of hydrogen-bond acceptors (Lipinski definition) is 4. The van der Waals surface area contributed by atoms with Gasteiger partial charge in [0.25, 0.3) is 11.8 Å². The lowest BCUT2D eigenvalue weighted by molar-refractivity contribution is 0.0883. The monoisotopic (exact) mass is 528 g/mol. The minimum absolute atomic E-state index is 0.257. The normalized spacial score (nSPS) is 10.7. The summed E-state index contributed by atoms with van der Waals surface area (Å²) < 4.78 is 11.5. The van der Waals surface area contributed by atoms with E-state index in [1.165, 1.54) is 7.11 Å². The molecule has 0 aliphatic heterocycles. The van der Waals surface area contributed by atoms with Crippen LogP contribution < -0.4 is 20.1 Å². The maximum absolute atomic E-state index is 13.1. The van der Waals surface area contributed by atoms with E-state index in [0.717, 1.165) is 16.7 Å². The van der Waals surface area contributed by atoms with Crippen LogP contribution in [0.15, 0.2) is 91.0 Å². The highest BCUT2D eigenvalue weighted by Gasteiger charge is 2.21. The molecule has 7 heteroatoms. The molecule has 2 amide bonds. The molecule has 0 heterocycles. The summed E-state index contributed by atoms with van der Waals surface area (Å²) in [5.41, 5.74) is 4.52. The Hall–Kier alpha value is -4.29. The number of carbonyl (C=O) groups excluding carboxylic acids is 2. The Kier molecular flexibility index (Phi) is 8.66. The predicted molar refractivity (Wildman–Crippen MR) is 149 cm³/mol. The van der Waals surface area contributed by atoms with Gasteiger partial charge in [-0.25, -0.2) is 0 Å². The molecular weight excluding hydrogens is 500 g/mol. The second-order valence-electron chi connectivity index (χ2n) is 8.90. The van der Waals surface area contributed by atoms with Gasteiger partial charge >= 0.3 is 0 Å². The number of hydrogen-bond donors (Lipinski definition) is 2. The van der Waals surface area contributed by atoms with Gasteiger partial charge in [-0.05, 0) is 61.9 Å². The maximum Gasteiger partial charge on any atom is 0.253 e. The van der Waals surface area contributed by atoms with E-state index in [4.69, 9.17) is 21.1 Å². The van der Waals surface area contributed by atoms with Gasteiger partial charge in [-0.1, -0.05) is 71.3 Å². The highest BCUT2D eigenvalue weighted by molar-refractivity contribution is 6.31. The van der Waals surface area contributed by atoms with Crippen molar-refractivity contribution < 1.29 is 19.1 Å². The Morgan fingerprint density at radius 3 is 1.84 bits per heavy atom. The van der Waals surface area contributed by atoms with Crippen molar-refractivity contribution >= 4 is 23.4 Å². The quantitative estimate of drug-likeness (QED) is 0.246. The number of ether oxygens (including phenoxy) is 2. The average molecular weight is 529 g/mol. The van der Waals surface area contributed by atoms with Gasteiger partial charge < -0.3 is 20.1 Å². The molecule has 0 aliphatic carbocycles. The Morgan fingerprint density at radius 2 is 1.32 bits per heavy atom. The number of rotatable bonds is 9. The molecule has 0 fully saturated rings. The second-order valence-corrected chi connectivity index (χ2v) is 9.31. The lowest BCUT2D eigenvalue weighted by atomic mass is 10.1. The van der Waals surface area contributed by atoms with E-state index in [1.807, 2.05) is 56.3 Å². The summed E-state index contributed by atoms with van der Waals surface area (Å²) in [5.74, 6) is 0.313. The van der Waals surface area contributed by atoms with Crippen LogP contribution in [0, 0.1) is 13.8 Å². The molecule has 0 saturated heterocycles. The molecule has 4 rings (SSSR count). The second kappa shape index (κ2) is 12.3. The first kappa shape index (κ1) is 26.8. The summed E-state index contributed by atoms with van der Waals surface area (Å²) in [7, 11) is 1.53. The van der Waals surface area contributed by atoms with Gasteiger partial charge in [-0.15, -0.1) is 0 Å². The zero-order valence-electron chi connectivity index (χ0n) is 21.5. The van der Waals surface area contributed by atoms with Crippen LogP contribution in [-0.2, 0) is 6.61 Å². The minimum atomic E-state index is -0.830. The summed E-state index contributed by atoms with van der Waals surface area (Å²) in [5, 5.41) is 6.48. The topological polar surface area (TPSA) is 76.7 Å². The first-order valence-electron chi connectivity index (χ1n) is 12.1. The van der Waals surface area contributed by atoms with Crippen LogP contribution in [-0.4, -0.2) is 18.9 Å². The van der Waals surface area contributed by atoms with Crippen molar-refractivity contribution in [3.05, 3.63) is 129 Å². The lowest BCUT2D eigenvalue weighted by Crippen LogP contribution is -2.41. The van der Waals surface area contributed by atoms with Crippen LogP contribution in [0.2, 0.25) is 5.02 Å². The number of carbonyl (C=O) groups is 2. The van der Waals surface area contributed by atoms with Crippen LogP contribution >= 0.6 is 11.6 Å². The summed E-state index contributed by atoms with van der Waals surface area (Å²) in [6.45, 7) is 4.16. The van der Waals surface area contributed by atoms with Crippen molar-refractivity contribution in [2.24, 2.45) is 0 Å². The fourth-order valence-electron chi connectivity index (χ4n) is 3.80. The van der Waals surface area contributed by atoms with Crippen molar-refractivity contribution in [1.29, 1.82) is 0 Å². The number of amides is 2. The van der Waals surface area contributed by atoms with Crippen molar-refractivity contribution in [1.82, 2.24) is 10.6 Å². The molecule has 194 valence electrons. The van der Waals surface area contributed by atoms with E-state index in [1.54, 1.807) is 48.5 Å².